The lowest BCUT2D eigenvalue weighted by molar-refractivity contribution is 0.0857. The van der Waals surface area contributed by atoms with Crippen LogP contribution in [0.25, 0.3) is 0 Å². The first kappa shape index (κ1) is 22.5. The number of halogens is 1. The summed E-state index contributed by atoms with van der Waals surface area (Å²) in [5, 5.41) is 3.35. The van der Waals surface area contributed by atoms with Gasteiger partial charge in [0.15, 0.2) is 0 Å². The summed E-state index contributed by atoms with van der Waals surface area (Å²) >= 11 is 5.87. The van der Waals surface area contributed by atoms with Gasteiger partial charge in [-0.3, -0.25) is 4.79 Å². The minimum atomic E-state index is -3.71. The highest BCUT2D eigenvalue weighted by atomic mass is 35.5. The van der Waals surface area contributed by atoms with Crippen LogP contribution in [0.15, 0.2) is 66.1 Å². The van der Waals surface area contributed by atoms with Crippen molar-refractivity contribution in [2.45, 2.75) is 30.4 Å². The molecule has 2 aromatic carbocycles. The van der Waals surface area contributed by atoms with Crippen LogP contribution < -0.4 is 5.32 Å². The molecular weight excluding hydrogens is 424 g/mol. The normalized spacial score (nSPS) is 16.5. The third-order valence-electron chi connectivity index (χ3n) is 4.87. The Balaban J connectivity index is 1.67. The van der Waals surface area contributed by atoms with Crippen molar-refractivity contribution in [2.75, 3.05) is 19.7 Å². The molecule has 30 heavy (non-hydrogen) atoms. The molecule has 0 radical (unpaired) electrons. The molecule has 0 aromatic heterocycles. The van der Waals surface area contributed by atoms with Crippen LogP contribution >= 0.6 is 11.6 Å². The van der Waals surface area contributed by atoms with Crippen LogP contribution in [0.5, 0.6) is 0 Å². The van der Waals surface area contributed by atoms with Crippen molar-refractivity contribution in [3.05, 3.63) is 77.3 Å². The first-order valence-electron chi connectivity index (χ1n) is 9.75. The summed E-state index contributed by atoms with van der Waals surface area (Å²) in [6, 6.07) is 13.0. The van der Waals surface area contributed by atoms with Crippen molar-refractivity contribution in [1.82, 2.24) is 9.62 Å². The van der Waals surface area contributed by atoms with E-state index < -0.39 is 10.0 Å². The summed E-state index contributed by atoms with van der Waals surface area (Å²) in [6.07, 6.45) is 3.61. The van der Waals surface area contributed by atoms with E-state index in [0.29, 0.717) is 17.1 Å². The molecular formula is C22H25ClN2O4S. The first-order chi connectivity index (χ1) is 14.4. The molecule has 0 bridgehead atoms. The molecule has 6 nitrogen and oxygen atoms in total. The second-order valence-electron chi connectivity index (χ2n) is 7.08. The molecule has 1 saturated heterocycles. The van der Waals surface area contributed by atoms with E-state index in [1.165, 1.54) is 16.4 Å². The van der Waals surface area contributed by atoms with Crippen molar-refractivity contribution in [3.63, 3.8) is 0 Å². The number of nitrogens with one attached hydrogen (secondary N) is 1. The second kappa shape index (κ2) is 10.2. The van der Waals surface area contributed by atoms with Gasteiger partial charge in [0.2, 0.25) is 10.0 Å². The lowest BCUT2D eigenvalue weighted by Gasteiger charge is -2.21. The Morgan fingerprint density at radius 2 is 1.90 bits per heavy atom. The van der Waals surface area contributed by atoms with Gasteiger partial charge in [-0.2, -0.15) is 4.31 Å². The molecule has 1 fully saturated rings. The number of carbonyl (C=O) groups excluding carboxylic acids is 1. The Morgan fingerprint density at radius 1 is 1.20 bits per heavy atom. The molecule has 1 aliphatic rings. The van der Waals surface area contributed by atoms with Gasteiger partial charge in [-0.05, 0) is 54.8 Å². The monoisotopic (exact) mass is 448 g/mol. The fourth-order valence-electron chi connectivity index (χ4n) is 3.23. The van der Waals surface area contributed by atoms with Gasteiger partial charge < -0.3 is 10.1 Å². The maximum atomic E-state index is 13.0. The van der Waals surface area contributed by atoms with Crippen molar-refractivity contribution in [1.29, 1.82) is 0 Å². The Labute approximate surface area is 182 Å². The van der Waals surface area contributed by atoms with Crippen LogP contribution in [0, 0.1) is 0 Å². The largest absolute Gasteiger partial charge is 0.376 e. The van der Waals surface area contributed by atoms with E-state index in [1.54, 1.807) is 42.5 Å². The van der Waals surface area contributed by atoms with Crippen molar-refractivity contribution in [2.24, 2.45) is 0 Å². The number of rotatable bonds is 9. The lowest BCUT2D eigenvalue weighted by atomic mass is 10.1. The number of ether oxygens (including phenoxy) is 1. The molecule has 8 heteroatoms. The SMILES string of the molecule is C=CCN(Cc1ccc(C(=O)NCC2CCCO2)cc1)S(=O)(=O)c1ccc(Cl)cc1. The molecule has 0 saturated carbocycles. The summed E-state index contributed by atoms with van der Waals surface area (Å²) in [6.45, 7) is 5.22. The minimum absolute atomic E-state index is 0.0822. The molecule has 1 atom stereocenters. The van der Waals surface area contributed by atoms with Gasteiger partial charge in [-0.25, -0.2) is 8.42 Å². The van der Waals surface area contributed by atoms with Crippen LogP contribution in [-0.4, -0.2) is 44.4 Å². The zero-order valence-corrected chi connectivity index (χ0v) is 18.2. The molecule has 2 aromatic rings. The Hall–Kier alpha value is -2.19. The highest BCUT2D eigenvalue weighted by molar-refractivity contribution is 7.89. The van der Waals surface area contributed by atoms with E-state index in [9.17, 15) is 13.2 Å². The molecule has 1 amide bonds. The number of amides is 1. The molecule has 0 aliphatic carbocycles. The van der Waals surface area contributed by atoms with E-state index in [4.69, 9.17) is 16.3 Å². The summed E-state index contributed by atoms with van der Waals surface area (Å²) in [7, 11) is -3.71. The van der Waals surface area contributed by atoms with E-state index in [-0.39, 0.29) is 30.0 Å². The quantitative estimate of drug-likeness (QED) is 0.594. The standard InChI is InChI=1S/C22H25ClN2O4S/c1-2-13-25(30(27,28)21-11-9-19(23)10-12-21)16-17-5-7-18(8-6-17)22(26)24-15-20-4-3-14-29-20/h2,5-12,20H,1,3-4,13-16H2,(H,24,26). The predicted molar refractivity (Wildman–Crippen MR) is 117 cm³/mol. The fraction of sp³-hybridized carbons (Fsp3) is 0.318. The van der Waals surface area contributed by atoms with Crippen LogP contribution in [0.2, 0.25) is 5.02 Å². The number of hydrogen-bond acceptors (Lipinski definition) is 4. The number of benzene rings is 2. The van der Waals surface area contributed by atoms with Crippen LogP contribution in [0.1, 0.15) is 28.8 Å². The van der Waals surface area contributed by atoms with Gasteiger partial charge in [0.25, 0.3) is 5.91 Å². The van der Waals surface area contributed by atoms with Gasteiger partial charge >= 0.3 is 0 Å². The molecule has 0 spiro atoms. The topological polar surface area (TPSA) is 75.7 Å². The van der Waals surface area contributed by atoms with E-state index in [1.807, 2.05) is 0 Å². The summed E-state index contributed by atoms with van der Waals surface area (Å²) in [4.78, 5) is 12.5. The highest BCUT2D eigenvalue weighted by Crippen LogP contribution is 2.21. The van der Waals surface area contributed by atoms with Crippen molar-refractivity contribution in [3.8, 4) is 0 Å². The number of nitrogens with zero attached hydrogens (tertiary/aromatic N) is 1. The lowest BCUT2D eigenvalue weighted by Crippen LogP contribution is -2.32. The molecule has 3 rings (SSSR count). The van der Waals surface area contributed by atoms with Crippen molar-refractivity contribution >= 4 is 27.5 Å². The number of sulfonamides is 1. The maximum Gasteiger partial charge on any atom is 0.251 e. The van der Waals surface area contributed by atoms with Crippen LogP contribution in [0.3, 0.4) is 0 Å². The fourth-order valence-corrected chi connectivity index (χ4v) is 4.75. The van der Waals surface area contributed by atoms with E-state index in [2.05, 4.69) is 11.9 Å². The zero-order valence-electron chi connectivity index (χ0n) is 16.6. The molecule has 1 unspecified atom stereocenters. The average Bonchev–Trinajstić information content (AvgIpc) is 3.26. The van der Waals surface area contributed by atoms with Gasteiger partial charge in [-0.15, -0.1) is 6.58 Å². The second-order valence-corrected chi connectivity index (χ2v) is 9.46. The van der Waals surface area contributed by atoms with Gasteiger partial charge in [0.05, 0.1) is 11.0 Å². The zero-order chi connectivity index (χ0) is 21.6. The Morgan fingerprint density at radius 3 is 2.50 bits per heavy atom. The maximum absolute atomic E-state index is 13.0. The van der Waals surface area contributed by atoms with Gasteiger partial charge in [0, 0.05) is 36.8 Å². The van der Waals surface area contributed by atoms with Crippen LogP contribution in [-0.2, 0) is 21.3 Å². The molecule has 1 aliphatic heterocycles. The first-order valence-corrected chi connectivity index (χ1v) is 11.6. The smallest absolute Gasteiger partial charge is 0.251 e. The Kier molecular flexibility index (Phi) is 7.66. The number of carbonyl (C=O) groups is 1. The minimum Gasteiger partial charge on any atom is -0.376 e. The van der Waals surface area contributed by atoms with Crippen molar-refractivity contribution < 1.29 is 17.9 Å². The summed E-state index contributed by atoms with van der Waals surface area (Å²) in [5.74, 6) is -0.172. The van der Waals surface area contributed by atoms with E-state index >= 15 is 0 Å². The third kappa shape index (κ3) is 5.70. The highest BCUT2D eigenvalue weighted by Gasteiger charge is 2.24. The predicted octanol–water partition coefficient (Wildman–Crippen LogP) is 3.63. The van der Waals surface area contributed by atoms with Gasteiger partial charge in [0.1, 0.15) is 0 Å². The number of hydrogen-bond donors (Lipinski definition) is 1. The molecule has 1 N–H and O–H groups in total. The summed E-state index contributed by atoms with van der Waals surface area (Å²) < 4.78 is 32.8. The molecule has 1 heterocycles. The van der Waals surface area contributed by atoms with E-state index in [0.717, 1.165) is 25.0 Å². The van der Waals surface area contributed by atoms with Gasteiger partial charge in [-0.1, -0.05) is 29.8 Å². The molecule has 160 valence electrons. The third-order valence-corrected chi connectivity index (χ3v) is 6.95. The Bertz CT molecular complexity index is 969. The summed E-state index contributed by atoms with van der Waals surface area (Å²) in [5.41, 5.74) is 1.29. The average molecular weight is 449 g/mol. The van der Waals surface area contributed by atoms with Crippen LogP contribution in [0.4, 0.5) is 0 Å².